The Morgan fingerprint density at radius 1 is 0.974 bits per heavy atom. The summed E-state index contributed by atoms with van der Waals surface area (Å²) < 4.78 is 41.7. The number of halogens is 4. The number of hydrogen-bond acceptors (Lipinski definition) is 4. The van der Waals surface area contributed by atoms with Gasteiger partial charge in [-0.15, -0.1) is 0 Å². The molecule has 206 valence electrons. The van der Waals surface area contributed by atoms with E-state index in [1.165, 1.54) is 12.1 Å². The van der Waals surface area contributed by atoms with E-state index < -0.39 is 23.2 Å². The second-order valence-corrected chi connectivity index (χ2v) is 10.6. The van der Waals surface area contributed by atoms with Crippen LogP contribution in [0.1, 0.15) is 48.0 Å². The van der Waals surface area contributed by atoms with Crippen molar-refractivity contribution in [3.63, 3.8) is 0 Å². The maximum atomic E-state index is 13.9. The molecule has 0 spiro atoms. The molecule has 2 amide bonds. The smallest absolute Gasteiger partial charge is 0.371 e. The van der Waals surface area contributed by atoms with Crippen LogP contribution in [0.25, 0.3) is 0 Å². The third-order valence-electron chi connectivity index (χ3n) is 7.88. The first-order valence-corrected chi connectivity index (χ1v) is 13.3. The van der Waals surface area contributed by atoms with Gasteiger partial charge in [0.1, 0.15) is 0 Å². The molecule has 1 unspecified atom stereocenters. The number of nitrogens with zero attached hydrogens (tertiary/aromatic N) is 2. The molecule has 0 aliphatic carbocycles. The van der Waals surface area contributed by atoms with E-state index in [0.717, 1.165) is 55.1 Å². The summed E-state index contributed by atoms with van der Waals surface area (Å²) in [6.07, 6.45) is -0.959. The summed E-state index contributed by atoms with van der Waals surface area (Å²) in [4.78, 5) is 28.2. The molecule has 2 aromatic rings. The number of carbonyl (C=O) groups excluding carboxylic acids is 2. The van der Waals surface area contributed by atoms with E-state index in [2.05, 4.69) is 10.2 Å². The Hall–Kier alpha value is -2.78. The van der Waals surface area contributed by atoms with Crippen LogP contribution in [0.4, 0.5) is 18.9 Å². The predicted molar refractivity (Wildman–Crippen MR) is 140 cm³/mol. The topological polar surface area (TPSA) is 72.9 Å². The van der Waals surface area contributed by atoms with Crippen LogP contribution in [0.15, 0.2) is 48.5 Å². The Morgan fingerprint density at radius 2 is 1.55 bits per heavy atom. The number of piperidine rings is 2. The van der Waals surface area contributed by atoms with Crippen LogP contribution >= 0.6 is 11.6 Å². The zero-order valence-electron chi connectivity index (χ0n) is 21.3. The fourth-order valence-corrected chi connectivity index (χ4v) is 5.87. The second kappa shape index (κ2) is 11.5. The zero-order valence-corrected chi connectivity index (χ0v) is 22.1. The summed E-state index contributed by atoms with van der Waals surface area (Å²) >= 11 is 6.31. The maximum Gasteiger partial charge on any atom is 0.430 e. The maximum absolute atomic E-state index is 13.9. The Morgan fingerprint density at radius 3 is 2.08 bits per heavy atom. The highest BCUT2D eigenvalue weighted by Crippen LogP contribution is 2.41. The van der Waals surface area contributed by atoms with Crippen molar-refractivity contribution in [1.29, 1.82) is 0 Å². The van der Waals surface area contributed by atoms with Gasteiger partial charge in [0.25, 0.3) is 17.4 Å². The van der Waals surface area contributed by atoms with Crippen molar-refractivity contribution < 1.29 is 27.9 Å². The number of rotatable bonds is 6. The molecule has 2 N–H and O–H groups in total. The summed E-state index contributed by atoms with van der Waals surface area (Å²) in [6, 6.07) is 12.0. The number of amides is 2. The summed E-state index contributed by atoms with van der Waals surface area (Å²) in [5, 5.41) is 13.6. The lowest BCUT2D eigenvalue weighted by molar-refractivity contribution is -0.262. The number of likely N-dealkylation sites (tertiary alicyclic amines) is 1. The molecule has 4 rings (SSSR count). The number of hydrogen-bond donors (Lipinski definition) is 2. The first kappa shape index (κ1) is 28.2. The Bertz CT molecular complexity index is 1130. The highest BCUT2D eigenvalue weighted by atomic mass is 35.5. The van der Waals surface area contributed by atoms with Crippen LogP contribution in [0, 0.1) is 11.8 Å². The average molecular weight is 552 g/mol. The summed E-state index contributed by atoms with van der Waals surface area (Å²) in [6.45, 7) is 2.11. The van der Waals surface area contributed by atoms with Gasteiger partial charge in [-0.2, -0.15) is 13.2 Å². The van der Waals surface area contributed by atoms with Gasteiger partial charge in [0, 0.05) is 44.5 Å². The summed E-state index contributed by atoms with van der Waals surface area (Å²) in [5.41, 5.74) is -2.59. The summed E-state index contributed by atoms with van der Waals surface area (Å²) in [7, 11) is 1.56. The molecule has 2 aromatic carbocycles. The van der Waals surface area contributed by atoms with Gasteiger partial charge in [-0.3, -0.25) is 9.59 Å². The normalized spacial score (nSPS) is 19.2. The average Bonchev–Trinajstić information content (AvgIpc) is 2.92. The number of alkyl halides is 3. The van der Waals surface area contributed by atoms with Crippen LogP contribution in [-0.2, 0) is 10.4 Å². The van der Waals surface area contributed by atoms with E-state index in [4.69, 9.17) is 11.6 Å². The van der Waals surface area contributed by atoms with E-state index in [1.54, 1.807) is 19.2 Å². The number of nitrogens with one attached hydrogen (secondary N) is 1. The molecular formula is C28H33ClF3N3O3. The zero-order chi connectivity index (χ0) is 27.5. The Labute approximate surface area is 225 Å². The molecule has 38 heavy (non-hydrogen) atoms. The van der Waals surface area contributed by atoms with Gasteiger partial charge in [0.05, 0.1) is 10.6 Å². The Balaban J connectivity index is 1.29. The molecule has 2 fully saturated rings. The minimum absolute atomic E-state index is 0.198. The monoisotopic (exact) mass is 551 g/mol. The van der Waals surface area contributed by atoms with E-state index >= 15 is 0 Å². The molecule has 0 saturated carbocycles. The SMILES string of the molecule is CNC(=O)c1ccc(N2CCC(CC3CCN(C(=O)C(O)(c4ccccc4)C(F)(F)F)CC3)CC2)cc1Cl. The molecule has 0 bridgehead atoms. The predicted octanol–water partition coefficient (Wildman–Crippen LogP) is 4.99. The highest BCUT2D eigenvalue weighted by molar-refractivity contribution is 6.34. The van der Waals surface area contributed by atoms with Crippen molar-refractivity contribution in [1.82, 2.24) is 10.2 Å². The van der Waals surface area contributed by atoms with Crippen molar-refractivity contribution in [2.75, 3.05) is 38.1 Å². The van der Waals surface area contributed by atoms with Crippen LogP contribution in [0.2, 0.25) is 5.02 Å². The van der Waals surface area contributed by atoms with Crippen LogP contribution in [-0.4, -0.2) is 61.2 Å². The molecular weight excluding hydrogens is 519 g/mol. The van der Waals surface area contributed by atoms with Gasteiger partial charge in [-0.25, -0.2) is 0 Å². The molecule has 2 aliphatic heterocycles. The van der Waals surface area contributed by atoms with Crippen molar-refractivity contribution in [2.45, 2.75) is 43.9 Å². The lowest BCUT2D eigenvalue weighted by Crippen LogP contribution is -2.57. The van der Waals surface area contributed by atoms with Crippen LogP contribution in [0.5, 0.6) is 0 Å². The quantitative estimate of drug-likeness (QED) is 0.530. The van der Waals surface area contributed by atoms with Gasteiger partial charge in [-0.1, -0.05) is 41.9 Å². The van der Waals surface area contributed by atoms with Crippen LogP contribution in [0.3, 0.4) is 0 Å². The number of aliphatic hydroxyl groups is 1. The highest BCUT2D eigenvalue weighted by Gasteiger charge is 2.62. The van der Waals surface area contributed by atoms with Gasteiger partial charge < -0.3 is 20.2 Å². The minimum Gasteiger partial charge on any atom is -0.371 e. The standard InChI is InChI=1S/C28H33ClF3N3O3/c1-33-25(36)23-8-7-22(18-24(23)29)34-13-9-19(10-14-34)17-20-11-15-35(16-12-20)26(37)27(38,28(30,31)32)21-5-3-2-4-6-21/h2-8,18-20,38H,9-17H2,1H3,(H,33,36). The lowest BCUT2D eigenvalue weighted by atomic mass is 9.82. The molecule has 0 aromatic heterocycles. The molecule has 1 atom stereocenters. The van der Waals surface area contributed by atoms with E-state index in [0.29, 0.717) is 35.3 Å². The van der Waals surface area contributed by atoms with E-state index in [9.17, 15) is 27.9 Å². The third kappa shape index (κ3) is 5.78. The van der Waals surface area contributed by atoms with Crippen molar-refractivity contribution in [2.24, 2.45) is 11.8 Å². The lowest BCUT2D eigenvalue weighted by Gasteiger charge is -2.40. The van der Waals surface area contributed by atoms with Crippen molar-refractivity contribution >= 4 is 29.1 Å². The third-order valence-corrected chi connectivity index (χ3v) is 8.20. The van der Waals surface area contributed by atoms with Crippen molar-refractivity contribution in [3.8, 4) is 0 Å². The molecule has 2 aliphatic rings. The van der Waals surface area contributed by atoms with E-state index in [-0.39, 0.29) is 19.0 Å². The van der Waals surface area contributed by atoms with Gasteiger partial charge in [0.2, 0.25) is 0 Å². The fourth-order valence-electron chi connectivity index (χ4n) is 5.61. The largest absolute Gasteiger partial charge is 0.430 e. The first-order valence-electron chi connectivity index (χ1n) is 12.9. The second-order valence-electron chi connectivity index (χ2n) is 10.2. The Kier molecular flexibility index (Phi) is 8.57. The molecule has 2 saturated heterocycles. The first-order chi connectivity index (χ1) is 18.0. The minimum atomic E-state index is -5.12. The van der Waals surface area contributed by atoms with Gasteiger partial charge >= 0.3 is 6.18 Å². The number of benzene rings is 2. The van der Waals surface area contributed by atoms with E-state index in [1.807, 2.05) is 12.1 Å². The fraction of sp³-hybridized carbons (Fsp3) is 0.500. The molecule has 6 nitrogen and oxygen atoms in total. The number of anilines is 1. The van der Waals surface area contributed by atoms with Crippen molar-refractivity contribution in [3.05, 3.63) is 64.7 Å². The molecule has 0 radical (unpaired) electrons. The van der Waals surface area contributed by atoms with Gasteiger partial charge in [-0.05, 0) is 62.1 Å². The van der Waals surface area contributed by atoms with Crippen LogP contribution < -0.4 is 10.2 Å². The molecule has 2 heterocycles. The van der Waals surface area contributed by atoms with Gasteiger partial charge in [0.15, 0.2) is 0 Å². The number of carbonyl (C=O) groups is 2. The molecule has 10 heteroatoms. The summed E-state index contributed by atoms with van der Waals surface area (Å²) in [5.74, 6) is -0.705.